The van der Waals surface area contributed by atoms with E-state index in [1.54, 1.807) is 12.3 Å². The zero-order valence-corrected chi connectivity index (χ0v) is 12.7. The third kappa shape index (κ3) is 4.63. The molecule has 0 aliphatic carbocycles. The third-order valence-corrected chi connectivity index (χ3v) is 3.01. The maximum Gasteiger partial charge on any atom is 0.277 e. The van der Waals surface area contributed by atoms with Crippen molar-refractivity contribution in [2.75, 3.05) is 6.61 Å². The Balaban J connectivity index is 1.87. The van der Waals surface area contributed by atoms with Crippen LogP contribution in [-0.2, 0) is 4.79 Å². The lowest BCUT2D eigenvalue weighted by Gasteiger charge is -2.09. The average Bonchev–Trinajstić information content (AvgIpc) is 2.90. The zero-order chi connectivity index (χ0) is 15.2. The molecule has 110 valence electrons. The molecule has 0 unspecified atom stereocenters. The van der Waals surface area contributed by atoms with E-state index in [1.165, 1.54) is 18.3 Å². The molecule has 2 N–H and O–H groups in total. The molecule has 0 spiro atoms. The number of carbonyl (C=O) groups is 1. The van der Waals surface area contributed by atoms with Crippen LogP contribution in [0, 0.1) is 0 Å². The van der Waals surface area contributed by atoms with Crippen LogP contribution in [0.5, 0.6) is 5.75 Å². The number of rotatable bonds is 5. The highest BCUT2D eigenvalue weighted by molar-refractivity contribution is 6.40. The molecule has 2 aromatic rings. The van der Waals surface area contributed by atoms with Crippen LogP contribution in [0.3, 0.4) is 0 Å². The van der Waals surface area contributed by atoms with Gasteiger partial charge < -0.3 is 4.74 Å². The second-order valence-corrected chi connectivity index (χ2v) is 5.04. The van der Waals surface area contributed by atoms with Gasteiger partial charge in [0.05, 0.1) is 22.0 Å². The molecule has 0 saturated carbocycles. The number of amides is 1. The largest absolute Gasteiger partial charge is 0.481 e. The highest BCUT2D eigenvalue weighted by Crippen LogP contribution is 2.35. The molecule has 2 rings (SSSR count). The van der Waals surface area contributed by atoms with Gasteiger partial charge >= 0.3 is 0 Å². The minimum Gasteiger partial charge on any atom is -0.481 e. The van der Waals surface area contributed by atoms with Crippen molar-refractivity contribution < 1.29 is 9.53 Å². The number of hydrazone groups is 1. The van der Waals surface area contributed by atoms with Crippen LogP contribution >= 0.6 is 34.8 Å². The number of ether oxygens (including phenoxy) is 1. The van der Waals surface area contributed by atoms with Gasteiger partial charge in [-0.15, -0.1) is 0 Å². The predicted octanol–water partition coefficient (Wildman–Crippen LogP) is 2.90. The van der Waals surface area contributed by atoms with Crippen LogP contribution in [0.15, 0.2) is 29.5 Å². The predicted molar refractivity (Wildman–Crippen MR) is 81.3 cm³/mol. The van der Waals surface area contributed by atoms with E-state index in [4.69, 9.17) is 39.5 Å². The molecular weight excluding hydrogens is 339 g/mol. The Bertz CT molecular complexity index is 636. The van der Waals surface area contributed by atoms with E-state index in [0.29, 0.717) is 10.7 Å². The lowest BCUT2D eigenvalue weighted by molar-refractivity contribution is -0.123. The molecule has 0 radical (unpaired) electrons. The fourth-order valence-corrected chi connectivity index (χ4v) is 2.28. The van der Waals surface area contributed by atoms with E-state index < -0.39 is 5.91 Å². The maximum absolute atomic E-state index is 11.5. The molecule has 0 fully saturated rings. The summed E-state index contributed by atoms with van der Waals surface area (Å²) < 4.78 is 5.24. The molecule has 0 atom stereocenters. The van der Waals surface area contributed by atoms with Crippen LogP contribution < -0.4 is 10.2 Å². The van der Waals surface area contributed by atoms with Gasteiger partial charge in [-0.2, -0.15) is 10.2 Å². The smallest absolute Gasteiger partial charge is 0.277 e. The first-order chi connectivity index (χ1) is 10.1. The van der Waals surface area contributed by atoms with Crippen LogP contribution in [0.1, 0.15) is 5.69 Å². The van der Waals surface area contributed by atoms with Crippen molar-refractivity contribution in [3.8, 4) is 5.75 Å². The van der Waals surface area contributed by atoms with Crippen LogP contribution in [-0.4, -0.2) is 28.9 Å². The first-order valence-electron chi connectivity index (χ1n) is 5.65. The standard InChI is InChI=1S/C12H9Cl3N4O2/c13-7-3-9(14)12(10(15)4-7)21-6-11(20)19-17-5-8-1-2-16-18-8/h1-5H,6H2,(H,16,18)(H,19,20)/b17-5+. The van der Waals surface area contributed by atoms with Gasteiger partial charge in [0.2, 0.25) is 0 Å². The summed E-state index contributed by atoms with van der Waals surface area (Å²) in [5.74, 6) is -0.275. The summed E-state index contributed by atoms with van der Waals surface area (Å²) in [7, 11) is 0. The molecule has 1 aromatic carbocycles. The fourth-order valence-electron chi connectivity index (χ4n) is 1.35. The summed E-state index contributed by atoms with van der Waals surface area (Å²) >= 11 is 17.6. The first-order valence-corrected chi connectivity index (χ1v) is 6.78. The lowest BCUT2D eigenvalue weighted by Crippen LogP contribution is -2.24. The van der Waals surface area contributed by atoms with Gasteiger partial charge in [-0.25, -0.2) is 5.43 Å². The first kappa shape index (κ1) is 15.6. The van der Waals surface area contributed by atoms with E-state index >= 15 is 0 Å². The Labute approximate surface area is 135 Å². The Morgan fingerprint density at radius 1 is 1.38 bits per heavy atom. The SMILES string of the molecule is O=C(COc1c(Cl)cc(Cl)cc1Cl)N/N=C/c1ccn[nH]1. The molecule has 1 aromatic heterocycles. The topological polar surface area (TPSA) is 79.4 Å². The van der Waals surface area contributed by atoms with E-state index in [1.807, 2.05) is 0 Å². The van der Waals surface area contributed by atoms with E-state index in [9.17, 15) is 4.79 Å². The number of halogens is 3. The molecule has 1 heterocycles. The summed E-state index contributed by atoms with van der Waals surface area (Å²) in [5, 5.41) is 10.9. The van der Waals surface area contributed by atoms with Crippen molar-refractivity contribution in [2.45, 2.75) is 0 Å². The highest BCUT2D eigenvalue weighted by Gasteiger charge is 2.11. The Kier molecular flexibility index (Phi) is 5.44. The zero-order valence-electron chi connectivity index (χ0n) is 10.4. The van der Waals surface area contributed by atoms with Gasteiger partial charge in [0, 0.05) is 11.2 Å². The van der Waals surface area contributed by atoms with Crippen LogP contribution in [0.4, 0.5) is 0 Å². The Morgan fingerprint density at radius 3 is 2.71 bits per heavy atom. The second kappa shape index (κ2) is 7.31. The van der Waals surface area contributed by atoms with Crippen molar-refractivity contribution in [3.63, 3.8) is 0 Å². The number of aromatic amines is 1. The van der Waals surface area contributed by atoms with Crippen LogP contribution in [0.2, 0.25) is 15.1 Å². The third-order valence-electron chi connectivity index (χ3n) is 2.23. The summed E-state index contributed by atoms with van der Waals surface area (Å²) in [6, 6.07) is 4.64. The van der Waals surface area contributed by atoms with E-state index in [2.05, 4.69) is 20.7 Å². The van der Waals surface area contributed by atoms with Crippen molar-refractivity contribution in [1.82, 2.24) is 15.6 Å². The summed E-state index contributed by atoms with van der Waals surface area (Å²) in [6.45, 7) is -0.290. The number of hydrogen-bond acceptors (Lipinski definition) is 4. The lowest BCUT2D eigenvalue weighted by atomic mass is 10.3. The number of carbonyl (C=O) groups excluding carboxylic acids is 1. The van der Waals surface area contributed by atoms with Gasteiger partial charge in [0.1, 0.15) is 0 Å². The summed E-state index contributed by atoms with van der Waals surface area (Å²) in [6.07, 6.45) is 2.98. The van der Waals surface area contributed by atoms with Crippen molar-refractivity contribution in [2.24, 2.45) is 5.10 Å². The van der Waals surface area contributed by atoms with Crippen molar-refractivity contribution in [1.29, 1.82) is 0 Å². The van der Waals surface area contributed by atoms with E-state index in [0.717, 1.165) is 0 Å². The van der Waals surface area contributed by atoms with Gasteiger partial charge in [-0.3, -0.25) is 9.89 Å². The van der Waals surface area contributed by atoms with Gasteiger partial charge in [0.25, 0.3) is 5.91 Å². The maximum atomic E-state index is 11.5. The molecule has 1 amide bonds. The molecule has 6 nitrogen and oxygen atoms in total. The number of H-pyrrole nitrogens is 1. The minimum atomic E-state index is -0.465. The van der Waals surface area contributed by atoms with Crippen molar-refractivity contribution >= 4 is 46.9 Å². The average molecular weight is 348 g/mol. The van der Waals surface area contributed by atoms with E-state index in [-0.39, 0.29) is 22.4 Å². The number of benzene rings is 1. The molecule has 21 heavy (non-hydrogen) atoms. The number of nitrogens with one attached hydrogen (secondary N) is 2. The molecule has 9 heteroatoms. The fraction of sp³-hybridized carbons (Fsp3) is 0.0833. The summed E-state index contributed by atoms with van der Waals surface area (Å²) in [4.78, 5) is 11.5. The molecular formula is C12H9Cl3N4O2. The number of aromatic nitrogens is 2. The number of hydrogen-bond donors (Lipinski definition) is 2. The monoisotopic (exact) mass is 346 g/mol. The normalized spacial score (nSPS) is 10.8. The molecule has 0 bridgehead atoms. The van der Waals surface area contributed by atoms with Gasteiger partial charge in [-0.05, 0) is 18.2 Å². The van der Waals surface area contributed by atoms with Crippen LogP contribution in [0.25, 0.3) is 0 Å². The summed E-state index contributed by atoms with van der Waals surface area (Å²) in [5.41, 5.74) is 2.94. The Morgan fingerprint density at radius 2 is 2.10 bits per heavy atom. The Hall–Kier alpha value is -1.76. The van der Waals surface area contributed by atoms with Crippen molar-refractivity contribution in [3.05, 3.63) is 45.2 Å². The molecule has 0 saturated heterocycles. The second-order valence-electron chi connectivity index (χ2n) is 3.79. The quantitative estimate of drug-likeness (QED) is 0.645. The minimum absolute atomic E-state index is 0.190. The molecule has 0 aliphatic heterocycles. The number of nitrogens with zero attached hydrogens (tertiary/aromatic N) is 2. The van der Waals surface area contributed by atoms with Gasteiger partial charge in [-0.1, -0.05) is 34.8 Å². The van der Waals surface area contributed by atoms with Gasteiger partial charge in [0.15, 0.2) is 12.4 Å². The highest BCUT2D eigenvalue weighted by atomic mass is 35.5. The molecule has 0 aliphatic rings.